The van der Waals surface area contributed by atoms with Crippen molar-refractivity contribution in [1.82, 2.24) is 5.32 Å². The van der Waals surface area contributed by atoms with Gasteiger partial charge in [0.1, 0.15) is 73.2 Å². The molecule has 1 amide bonds. The third kappa shape index (κ3) is 38.3. The predicted molar refractivity (Wildman–Crippen MR) is 382 cm³/mol. The van der Waals surface area contributed by atoms with Gasteiger partial charge in [0.05, 0.1) is 38.6 Å². The average molecular weight is 1370 g/mol. The molecule has 0 spiro atoms. The minimum Gasteiger partial charge on any atom is -0.394 e. The topological polar surface area (TPSA) is 307 Å². The lowest BCUT2D eigenvalue weighted by atomic mass is 9.96. The largest absolute Gasteiger partial charge is 0.394 e. The van der Waals surface area contributed by atoms with Crippen LogP contribution in [0.15, 0.2) is 146 Å². The highest BCUT2D eigenvalue weighted by molar-refractivity contribution is 5.76. The van der Waals surface area contributed by atoms with Gasteiger partial charge in [-0.15, -0.1) is 0 Å². The Morgan fingerprint density at radius 2 is 0.711 bits per heavy atom. The lowest BCUT2D eigenvalue weighted by molar-refractivity contribution is -0.379. The number of allylic oxidation sites excluding steroid dienone is 23. The number of amides is 1. The van der Waals surface area contributed by atoms with Gasteiger partial charge < -0.3 is 89.9 Å². The molecule has 19 heteroatoms. The smallest absolute Gasteiger partial charge is 0.220 e. The summed E-state index contributed by atoms with van der Waals surface area (Å²) in [6.07, 6.45) is 55.4. The molecule has 552 valence electrons. The number of aliphatic hydroxyl groups excluding tert-OH is 11. The van der Waals surface area contributed by atoms with Crippen molar-refractivity contribution in [2.45, 2.75) is 311 Å². The standard InChI is InChI=1S/C78H127NO18/c1-3-5-7-9-11-13-15-17-18-19-20-21-22-23-24-25-26-27-28-29-30-31-32-33-34-35-36-37-38-39-40-41-42-44-46-48-50-52-54-56-66(84)79-61(62(83)55-53-51-49-47-45-43-16-14-12-10-8-6-4-2)60-92-76-72(90)69(87)74(64(58-81)94-76)97-78-73(91)70(88)75(65(59-82)95-78)96-77-71(89)68(86)67(85)63(57-80)93-77/h5,7,11,13,17-18,20-21,23-24,26-27,29-30,32-33,35-36,38-39,41-42,53,55,61-65,67-78,80-83,85-91H,3-4,6,8-10,12,14-16,19,22,25,28,31,34,37,40,43-52,54,56-60H2,1-2H3,(H,79,84)/b7-5-,13-11-,18-17-,21-20-,24-23-,27-26-,30-29-,33-32-,36-35-,39-38-,42-41-,55-53+. The van der Waals surface area contributed by atoms with Crippen LogP contribution in [0.3, 0.4) is 0 Å². The molecule has 17 atom stereocenters. The van der Waals surface area contributed by atoms with Gasteiger partial charge in [0.25, 0.3) is 0 Å². The molecule has 0 aliphatic carbocycles. The molecular formula is C78H127NO18. The normalized spacial score (nSPS) is 27.8. The van der Waals surface area contributed by atoms with Gasteiger partial charge in [-0.1, -0.05) is 243 Å². The minimum absolute atomic E-state index is 0.211. The molecule has 3 saturated heterocycles. The molecule has 0 aromatic carbocycles. The monoisotopic (exact) mass is 1370 g/mol. The third-order valence-corrected chi connectivity index (χ3v) is 17.1. The number of hydrogen-bond donors (Lipinski definition) is 12. The first-order valence-corrected chi connectivity index (χ1v) is 36.6. The summed E-state index contributed by atoms with van der Waals surface area (Å²) in [6.45, 7) is 1.57. The lowest BCUT2D eigenvalue weighted by Crippen LogP contribution is -2.66. The fourth-order valence-electron chi connectivity index (χ4n) is 11.3. The molecule has 0 radical (unpaired) electrons. The van der Waals surface area contributed by atoms with Crippen molar-refractivity contribution < 1.29 is 89.4 Å². The third-order valence-electron chi connectivity index (χ3n) is 17.1. The van der Waals surface area contributed by atoms with Gasteiger partial charge >= 0.3 is 0 Å². The summed E-state index contributed by atoms with van der Waals surface area (Å²) in [7, 11) is 0. The Balaban J connectivity index is 1.36. The Morgan fingerprint density at radius 1 is 0.381 bits per heavy atom. The van der Waals surface area contributed by atoms with E-state index in [2.05, 4.69) is 153 Å². The fraction of sp³-hybridized carbons (Fsp3) is 0.679. The van der Waals surface area contributed by atoms with Crippen LogP contribution in [0.1, 0.15) is 206 Å². The van der Waals surface area contributed by atoms with Gasteiger partial charge in [0.2, 0.25) is 5.91 Å². The van der Waals surface area contributed by atoms with Crippen LogP contribution in [0.25, 0.3) is 0 Å². The first kappa shape index (κ1) is 86.9. The van der Waals surface area contributed by atoms with Crippen molar-refractivity contribution in [2.24, 2.45) is 0 Å². The fourth-order valence-corrected chi connectivity index (χ4v) is 11.3. The summed E-state index contributed by atoms with van der Waals surface area (Å²) >= 11 is 0. The molecule has 97 heavy (non-hydrogen) atoms. The zero-order chi connectivity index (χ0) is 70.4. The molecule has 0 aromatic rings. The first-order valence-electron chi connectivity index (χ1n) is 36.6. The van der Waals surface area contributed by atoms with Crippen molar-refractivity contribution in [3.63, 3.8) is 0 Å². The minimum atomic E-state index is -1.99. The van der Waals surface area contributed by atoms with E-state index in [9.17, 15) is 61.0 Å². The van der Waals surface area contributed by atoms with Crippen molar-refractivity contribution in [1.29, 1.82) is 0 Å². The van der Waals surface area contributed by atoms with E-state index in [4.69, 9.17) is 28.4 Å². The van der Waals surface area contributed by atoms with E-state index in [1.165, 1.54) is 51.4 Å². The molecule has 3 aliphatic rings. The van der Waals surface area contributed by atoms with Gasteiger partial charge in [-0.2, -0.15) is 0 Å². The number of hydrogen-bond acceptors (Lipinski definition) is 18. The Hall–Kier alpha value is -4.33. The summed E-state index contributed by atoms with van der Waals surface area (Å²) < 4.78 is 34.3. The molecule has 17 unspecified atom stereocenters. The zero-order valence-electron chi connectivity index (χ0n) is 58.5. The number of rotatable bonds is 54. The number of carbonyl (C=O) groups excluding carboxylic acids is 1. The quantitative estimate of drug-likeness (QED) is 0.0199. The van der Waals surface area contributed by atoms with Crippen molar-refractivity contribution >= 4 is 5.91 Å². The van der Waals surface area contributed by atoms with E-state index < -0.39 is 124 Å². The highest BCUT2D eigenvalue weighted by atomic mass is 16.8. The predicted octanol–water partition coefficient (Wildman–Crippen LogP) is 10.7. The molecule has 0 saturated carbocycles. The maximum atomic E-state index is 13.4. The average Bonchev–Trinajstić information content (AvgIpc) is 0.809. The summed E-state index contributed by atoms with van der Waals surface area (Å²) in [5.41, 5.74) is 0. The summed E-state index contributed by atoms with van der Waals surface area (Å²) in [6, 6.07) is -0.994. The van der Waals surface area contributed by atoms with E-state index >= 15 is 0 Å². The maximum absolute atomic E-state index is 13.4. The van der Waals surface area contributed by atoms with E-state index in [1.807, 2.05) is 6.08 Å². The number of ether oxygens (including phenoxy) is 6. The lowest BCUT2D eigenvalue weighted by Gasteiger charge is -2.48. The van der Waals surface area contributed by atoms with Gasteiger partial charge in [-0.05, 0) is 103 Å². The summed E-state index contributed by atoms with van der Waals surface area (Å²) in [5.74, 6) is -0.302. The number of carbonyl (C=O) groups is 1. The van der Waals surface area contributed by atoms with E-state index in [1.54, 1.807) is 6.08 Å². The molecule has 3 aliphatic heterocycles. The van der Waals surface area contributed by atoms with Crippen LogP contribution in [-0.4, -0.2) is 193 Å². The van der Waals surface area contributed by atoms with Crippen molar-refractivity contribution in [2.75, 3.05) is 26.4 Å². The van der Waals surface area contributed by atoms with Crippen molar-refractivity contribution in [3.05, 3.63) is 146 Å². The van der Waals surface area contributed by atoms with Gasteiger partial charge in [0.15, 0.2) is 18.9 Å². The SMILES string of the molecule is CC/C=C\C/C=C\C/C=C\C/C=C\C/C=C\C/C=C\C/C=C\C/C=C\C/C=C\C/C=C\C/C=C\CCCCCCCC(=O)NC(COC1OC(CO)C(OC2OC(CO)C(OC3OC(CO)C(O)C(O)C3O)C(O)C2O)C(O)C1O)C(O)/C=C/CCCCCCCCCCCCC. The molecule has 19 nitrogen and oxygen atoms in total. The van der Waals surface area contributed by atoms with Crippen LogP contribution in [0, 0.1) is 0 Å². The Labute approximate surface area is 581 Å². The van der Waals surface area contributed by atoms with E-state index in [0.717, 1.165) is 128 Å². The van der Waals surface area contributed by atoms with E-state index in [0.29, 0.717) is 6.42 Å². The number of aliphatic hydroxyl groups is 11. The molecule has 0 aromatic heterocycles. The second-order valence-corrected chi connectivity index (χ2v) is 25.3. The molecule has 3 rings (SSSR count). The van der Waals surface area contributed by atoms with Gasteiger partial charge in [0, 0.05) is 6.42 Å². The van der Waals surface area contributed by atoms with Crippen LogP contribution in [0.2, 0.25) is 0 Å². The molecule has 0 bridgehead atoms. The van der Waals surface area contributed by atoms with Crippen LogP contribution in [0.4, 0.5) is 0 Å². The molecule has 3 fully saturated rings. The highest BCUT2D eigenvalue weighted by Gasteiger charge is 2.53. The summed E-state index contributed by atoms with van der Waals surface area (Å²) in [4.78, 5) is 13.4. The van der Waals surface area contributed by atoms with E-state index in [-0.39, 0.29) is 18.9 Å². The van der Waals surface area contributed by atoms with Gasteiger partial charge in [-0.3, -0.25) is 4.79 Å². The molecule has 3 heterocycles. The van der Waals surface area contributed by atoms with Gasteiger partial charge in [-0.25, -0.2) is 0 Å². The second-order valence-electron chi connectivity index (χ2n) is 25.3. The van der Waals surface area contributed by atoms with Crippen LogP contribution in [0.5, 0.6) is 0 Å². The van der Waals surface area contributed by atoms with Crippen LogP contribution >= 0.6 is 0 Å². The number of unbranched alkanes of at least 4 members (excludes halogenated alkanes) is 16. The molecular weight excluding hydrogens is 1240 g/mol. The maximum Gasteiger partial charge on any atom is 0.220 e. The van der Waals surface area contributed by atoms with Crippen LogP contribution in [-0.2, 0) is 33.2 Å². The molecule has 12 N–H and O–H groups in total. The Morgan fingerprint density at radius 3 is 1.11 bits per heavy atom. The zero-order valence-corrected chi connectivity index (χ0v) is 58.5. The summed E-state index contributed by atoms with van der Waals surface area (Å²) in [5, 5.41) is 120. The Bertz CT molecular complexity index is 2320. The van der Waals surface area contributed by atoms with Crippen molar-refractivity contribution in [3.8, 4) is 0 Å². The Kier molecular flexibility index (Phi) is 51.3. The highest BCUT2D eigenvalue weighted by Crippen LogP contribution is 2.33. The van der Waals surface area contributed by atoms with Crippen LogP contribution < -0.4 is 5.32 Å². The first-order chi connectivity index (χ1) is 47.3. The second kappa shape index (κ2) is 57.3. The number of nitrogens with one attached hydrogen (secondary N) is 1.